The summed E-state index contributed by atoms with van der Waals surface area (Å²) < 4.78 is 5.13. The van der Waals surface area contributed by atoms with Gasteiger partial charge in [0.2, 0.25) is 0 Å². The van der Waals surface area contributed by atoms with Gasteiger partial charge in [0, 0.05) is 4.90 Å². The summed E-state index contributed by atoms with van der Waals surface area (Å²) in [7, 11) is 1.50. The highest BCUT2D eigenvalue weighted by Crippen LogP contribution is 2.24. The number of carbonyl (C=O) groups excluding carboxylic acids is 1. The van der Waals surface area contributed by atoms with E-state index < -0.39 is 0 Å². The molecule has 6 heteroatoms. The molecule has 0 bridgehead atoms. The van der Waals surface area contributed by atoms with Crippen LogP contribution in [0.3, 0.4) is 0 Å². The second kappa shape index (κ2) is 6.38. The minimum absolute atomic E-state index is 0.230. The molecule has 2 aromatic rings. The first-order valence-electron chi connectivity index (χ1n) is 6.03. The molecule has 20 heavy (non-hydrogen) atoms. The number of nitrogens with one attached hydrogen (secondary N) is 1. The number of methoxy groups -OCH3 is 1. The molecule has 0 aliphatic rings. The van der Waals surface area contributed by atoms with Crippen LogP contribution < -0.4 is 10.1 Å². The van der Waals surface area contributed by atoms with E-state index in [-0.39, 0.29) is 5.24 Å². The molecule has 0 saturated heterocycles. The standard InChI is InChI=1S/C14H15N3O2S/c1-9-10(2)16-13(19-3)12(15-9)17-14(18)20-11-7-5-4-6-8-11/h4-8H,1-3H3,(H,15,17,18). The Hall–Kier alpha value is -2.08. The lowest BCUT2D eigenvalue weighted by molar-refractivity contribution is 0.269. The SMILES string of the molecule is COc1nc(C)c(C)nc1NC(=O)Sc1ccccc1. The van der Waals surface area contributed by atoms with Gasteiger partial charge in [-0.25, -0.2) is 9.97 Å². The first-order chi connectivity index (χ1) is 9.60. The molecule has 1 aromatic carbocycles. The highest BCUT2D eigenvalue weighted by Gasteiger charge is 2.13. The van der Waals surface area contributed by atoms with Crippen molar-refractivity contribution in [3.8, 4) is 5.88 Å². The van der Waals surface area contributed by atoms with Gasteiger partial charge < -0.3 is 4.74 Å². The van der Waals surface area contributed by atoms with E-state index in [0.29, 0.717) is 11.7 Å². The van der Waals surface area contributed by atoms with Crippen molar-refractivity contribution in [2.24, 2.45) is 0 Å². The lowest BCUT2D eigenvalue weighted by atomic mass is 10.3. The Kier molecular flexibility index (Phi) is 4.57. The molecule has 2 rings (SSSR count). The van der Waals surface area contributed by atoms with Crippen LogP contribution in [-0.4, -0.2) is 22.3 Å². The third kappa shape index (κ3) is 3.48. The van der Waals surface area contributed by atoms with Crippen LogP contribution in [0.4, 0.5) is 10.6 Å². The first-order valence-corrected chi connectivity index (χ1v) is 6.85. The third-order valence-corrected chi connectivity index (χ3v) is 3.44. The molecule has 1 N–H and O–H groups in total. The quantitative estimate of drug-likeness (QED) is 0.877. The number of carbonyl (C=O) groups is 1. The number of anilines is 1. The van der Waals surface area contributed by atoms with Crippen LogP contribution in [0.5, 0.6) is 5.88 Å². The Balaban J connectivity index is 2.13. The van der Waals surface area contributed by atoms with Crippen LogP contribution in [0.1, 0.15) is 11.4 Å². The fourth-order valence-corrected chi connectivity index (χ4v) is 2.18. The summed E-state index contributed by atoms with van der Waals surface area (Å²) in [4.78, 5) is 21.4. The second-order valence-corrected chi connectivity index (χ2v) is 5.13. The zero-order chi connectivity index (χ0) is 14.5. The van der Waals surface area contributed by atoms with Gasteiger partial charge in [-0.15, -0.1) is 0 Å². The van der Waals surface area contributed by atoms with E-state index in [9.17, 15) is 4.79 Å². The molecule has 104 valence electrons. The number of nitrogens with zero attached hydrogens (tertiary/aromatic N) is 2. The van der Waals surface area contributed by atoms with Crippen molar-refractivity contribution in [2.45, 2.75) is 18.7 Å². The molecular formula is C14H15N3O2S. The monoisotopic (exact) mass is 289 g/mol. The van der Waals surface area contributed by atoms with Gasteiger partial charge >= 0.3 is 0 Å². The van der Waals surface area contributed by atoms with Gasteiger partial charge in [-0.2, -0.15) is 0 Å². The summed E-state index contributed by atoms with van der Waals surface area (Å²) in [5.74, 6) is 0.652. The van der Waals surface area contributed by atoms with Gasteiger partial charge in [-0.05, 0) is 37.7 Å². The van der Waals surface area contributed by atoms with Crippen LogP contribution in [0.15, 0.2) is 35.2 Å². The number of amides is 1. The van der Waals surface area contributed by atoms with E-state index in [1.165, 1.54) is 7.11 Å². The summed E-state index contributed by atoms with van der Waals surface area (Å²) >= 11 is 1.09. The Bertz CT molecular complexity index is 617. The number of benzene rings is 1. The molecular weight excluding hydrogens is 274 g/mol. The van der Waals surface area contributed by atoms with Crippen molar-refractivity contribution < 1.29 is 9.53 Å². The first kappa shape index (κ1) is 14.3. The van der Waals surface area contributed by atoms with E-state index in [2.05, 4.69) is 15.3 Å². The minimum atomic E-state index is -0.230. The Morgan fingerprint density at radius 3 is 2.45 bits per heavy atom. The minimum Gasteiger partial charge on any atom is -0.478 e. The van der Waals surface area contributed by atoms with Crippen molar-refractivity contribution in [3.05, 3.63) is 41.7 Å². The van der Waals surface area contributed by atoms with E-state index in [4.69, 9.17) is 4.74 Å². The summed E-state index contributed by atoms with van der Waals surface area (Å²) in [6.07, 6.45) is 0. The number of rotatable bonds is 3. The third-order valence-electron chi connectivity index (χ3n) is 2.64. The summed E-state index contributed by atoms with van der Waals surface area (Å²) in [5, 5.41) is 2.47. The molecule has 0 aliphatic heterocycles. The zero-order valence-corrected chi connectivity index (χ0v) is 12.3. The number of aryl methyl sites for hydroxylation is 2. The maximum Gasteiger partial charge on any atom is 0.289 e. The highest BCUT2D eigenvalue weighted by atomic mass is 32.2. The fourth-order valence-electron chi connectivity index (χ4n) is 1.52. The number of hydrogen-bond acceptors (Lipinski definition) is 5. The van der Waals surface area contributed by atoms with Gasteiger partial charge in [0.1, 0.15) is 0 Å². The van der Waals surface area contributed by atoms with Gasteiger partial charge in [0.15, 0.2) is 5.82 Å². The summed E-state index contributed by atoms with van der Waals surface area (Å²) in [6, 6.07) is 9.40. The normalized spacial score (nSPS) is 10.2. The van der Waals surface area contributed by atoms with Gasteiger partial charge in [-0.3, -0.25) is 10.1 Å². The number of aromatic nitrogens is 2. The average molecular weight is 289 g/mol. The maximum absolute atomic E-state index is 12.0. The van der Waals surface area contributed by atoms with Crippen LogP contribution in [0.2, 0.25) is 0 Å². The molecule has 5 nitrogen and oxygen atoms in total. The van der Waals surface area contributed by atoms with E-state index >= 15 is 0 Å². The molecule has 0 radical (unpaired) electrons. The van der Waals surface area contributed by atoms with Crippen molar-refractivity contribution in [2.75, 3.05) is 12.4 Å². The highest BCUT2D eigenvalue weighted by molar-refractivity contribution is 8.13. The second-order valence-electron chi connectivity index (χ2n) is 4.08. The molecule has 0 unspecified atom stereocenters. The Morgan fingerprint density at radius 1 is 1.15 bits per heavy atom. The van der Waals surface area contributed by atoms with Crippen LogP contribution in [-0.2, 0) is 0 Å². The molecule has 0 fully saturated rings. The topological polar surface area (TPSA) is 64.1 Å². The number of thioether (sulfide) groups is 1. The Morgan fingerprint density at radius 2 is 1.80 bits per heavy atom. The average Bonchev–Trinajstić information content (AvgIpc) is 2.43. The van der Waals surface area contributed by atoms with Gasteiger partial charge in [0.25, 0.3) is 11.1 Å². The predicted octanol–water partition coefficient (Wildman–Crippen LogP) is 3.43. The number of ether oxygens (including phenoxy) is 1. The van der Waals surface area contributed by atoms with Crippen molar-refractivity contribution in [1.82, 2.24) is 9.97 Å². The molecule has 0 atom stereocenters. The van der Waals surface area contributed by atoms with Crippen LogP contribution in [0, 0.1) is 13.8 Å². The largest absolute Gasteiger partial charge is 0.478 e. The van der Waals surface area contributed by atoms with E-state index in [0.717, 1.165) is 28.0 Å². The Labute approximate surface area is 121 Å². The van der Waals surface area contributed by atoms with E-state index in [1.807, 2.05) is 44.2 Å². The molecule has 0 spiro atoms. The molecule has 1 aromatic heterocycles. The maximum atomic E-state index is 12.0. The van der Waals surface area contributed by atoms with Gasteiger partial charge in [0.05, 0.1) is 18.5 Å². The van der Waals surface area contributed by atoms with Gasteiger partial charge in [-0.1, -0.05) is 18.2 Å². The zero-order valence-electron chi connectivity index (χ0n) is 11.5. The van der Waals surface area contributed by atoms with Crippen molar-refractivity contribution >= 4 is 22.8 Å². The smallest absolute Gasteiger partial charge is 0.289 e. The van der Waals surface area contributed by atoms with Crippen molar-refractivity contribution in [1.29, 1.82) is 0 Å². The predicted molar refractivity (Wildman–Crippen MR) is 79.4 cm³/mol. The molecule has 1 amide bonds. The lowest BCUT2D eigenvalue weighted by Crippen LogP contribution is -2.10. The molecule has 1 heterocycles. The number of hydrogen-bond donors (Lipinski definition) is 1. The van der Waals surface area contributed by atoms with Crippen LogP contribution in [0.25, 0.3) is 0 Å². The molecule has 0 saturated carbocycles. The summed E-state index contributed by atoms with van der Waals surface area (Å²) in [6.45, 7) is 3.68. The van der Waals surface area contributed by atoms with Crippen molar-refractivity contribution in [3.63, 3.8) is 0 Å². The lowest BCUT2D eigenvalue weighted by Gasteiger charge is -2.10. The molecule has 0 aliphatic carbocycles. The summed E-state index contributed by atoms with van der Waals surface area (Å²) in [5.41, 5.74) is 1.53. The fraction of sp³-hybridized carbons (Fsp3) is 0.214. The van der Waals surface area contributed by atoms with E-state index in [1.54, 1.807) is 0 Å². The van der Waals surface area contributed by atoms with Crippen LogP contribution >= 0.6 is 11.8 Å².